The van der Waals surface area contributed by atoms with Crippen molar-refractivity contribution in [3.63, 3.8) is 0 Å². The van der Waals surface area contributed by atoms with Gasteiger partial charge in [0.25, 0.3) is 0 Å². The minimum absolute atomic E-state index is 0.169. The summed E-state index contributed by atoms with van der Waals surface area (Å²) < 4.78 is 0.169. The van der Waals surface area contributed by atoms with Gasteiger partial charge in [0.05, 0.1) is 0 Å². The van der Waals surface area contributed by atoms with Crippen LogP contribution in [0.5, 0.6) is 0 Å². The van der Waals surface area contributed by atoms with Gasteiger partial charge in [-0.05, 0) is 6.42 Å². The maximum absolute atomic E-state index is 4.56. The number of hydrogen-bond donors (Lipinski definition) is 4. The predicted molar refractivity (Wildman–Crippen MR) is 58.1 cm³/mol. The van der Waals surface area contributed by atoms with Gasteiger partial charge in [0.2, 0.25) is 0 Å². The molecule has 5 unspecified atom stereocenters. The third-order valence-corrected chi connectivity index (χ3v) is 5.78. The zero-order chi connectivity index (χ0) is 7.52. The summed E-state index contributed by atoms with van der Waals surface area (Å²) >= 11 is 17.9. The zero-order valence-electron chi connectivity index (χ0n) is 5.31. The minimum Gasteiger partial charge on any atom is -0.175 e. The van der Waals surface area contributed by atoms with E-state index < -0.39 is 0 Å². The molecule has 2 aliphatic carbocycles. The van der Waals surface area contributed by atoms with Gasteiger partial charge in [-0.1, -0.05) is 0 Å². The van der Waals surface area contributed by atoms with Gasteiger partial charge in [0.1, 0.15) is 0 Å². The lowest BCUT2D eigenvalue weighted by Gasteiger charge is -2.12. The van der Waals surface area contributed by atoms with E-state index >= 15 is 0 Å². The third-order valence-electron chi connectivity index (χ3n) is 2.62. The average Bonchev–Trinajstić information content (AvgIpc) is 2.23. The molecular formula is C6H10S4. The van der Waals surface area contributed by atoms with Gasteiger partial charge in [-0.2, -0.15) is 50.5 Å². The molecule has 2 rings (SSSR count). The Hall–Kier alpha value is 1.40. The van der Waals surface area contributed by atoms with Crippen molar-refractivity contribution in [2.45, 2.75) is 26.9 Å². The van der Waals surface area contributed by atoms with E-state index in [1.54, 1.807) is 0 Å². The van der Waals surface area contributed by atoms with Crippen LogP contribution in [0.3, 0.4) is 0 Å². The summed E-state index contributed by atoms with van der Waals surface area (Å²) in [5.74, 6) is 0.588. The first-order valence-electron chi connectivity index (χ1n) is 3.34. The Kier molecular flexibility index (Phi) is 1.77. The van der Waals surface area contributed by atoms with Crippen LogP contribution in [0, 0.1) is 5.92 Å². The molecule has 0 spiro atoms. The maximum atomic E-state index is 4.56. The molecule has 0 bridgehead atoms. The van der Waals surface area contributed by atoms with Crippen LogP contribution in [0.15, 0.2) is 0 Å². The Morgan fingerprint density at radius 1 is 1.20 bits per heavy atom. The lowest BCUT2D eigenvalue weighted by Crippen LogP contribution is -2.15. The molecule has 0 aromatic rings. The molecule has 5 atom stereocenters. The highest BCUT2D eigenvalue weighted by Gasteiger charge is 2.68. The van der Waals surface area contributed by atoms with Crippen molar-refractivity contribution in [1.82, 2.24) is 0 Å². The Morgan fingerprint density at radius 2 is 1.80 bits per heavy atom. The van der Waals surface area contributed by atoms with E-state index in [4.69, 9.17) is 0 Å². The lowest BCUT2D eigenvalue weighted by molar-refractivity contribution is 0.795. The lowest BCUT2D eigenvalue weighted by atomic mass is 10.2. The Labute approximate surface area is 83.2 Å². The summed E-state index contributed by atoms with van der Waals surface area (Å²) in [6.07, 6.45) is 1.06. The molecule has 58 valence electrons. The Morgan fingerprint density at radius 3 is 2.10 bits per heavy atom. The second kappa shape index (κ2) is 2.21. The monoisotopic (exact) mass is 210 g/mol. The van der Waals surface area contributed by atoms with Crippen LogP contribution in [0.2, 0.25) is 0 Å². The fourth-order valence-corrected chi connectivity index (χ4v) is 4.65. The molecule has 2 aliphatic rings. The quantitative estimate of drug-likeness (QED) is 0.429. The van der Waals surface area contributed by atoms with Crippen molar-refractivity contribution in [2.75, 3.05) is 0 Å². The second-order valence-corrected chi connectivity index (χ2v) is 5.87. The molecule has 0 N–H and O–H groups in total. The van der Waals surface area contributed by atoms with Crippen LogP contribution < -0.4 is 0 Å². The van der Waals surface area contributed by atoms with Gasteiger partial charge in [-0.25, -0.2) is 0 Å². The van der Waals surface area contributed by atoms with Crippen LogP contribution in [0.25, 0.3) is 0 Å². The molecular weight excluding hydrogens is 200 g/mol. The summed E-state index contributed by atoms with van der Waals surface area (Å²) in [5.41, 5.74) is 0. The van der Waals surface area contributed by atoms with E-state index in [1.807, 2.05) is 0 Å². The van der Waals surface area contributed by atoms with Crippen LogP contribution in [0.1, 0.15) is 6.42 Å². The van der Waals surface area contributed by atoms with Gasteiger partial charge in [-0.15, -0.1) is 0 Å². The van der Waals surface area contributed by atoms with Crippen LogP contribution in [0.4, 0.5) is 0 Å². The highest BCUT2D eigenvalue weighted by molar-refractivity contribution is 7.88. The first-order valence-corrected chi connectivity index (χ1v) is 5.33. The van der Waals surface area contributed by atoms with Crippen molar-refractivity contribution in [2.24, 2.45) is 5.92 Å². The molecule has 10 heavy (non-hydrogen) atoms. The van der Waals surface area contributed by atoms with Crippen LogP contribution >= 0.6 is 50.5 Å². The van der Waals surface area contributed by atoms with E-state index in [1.165, 1.54) is 0 Å². The van der Waals surface area contributed by atoms with Gasteiger partial charge in [0.15, 0.2) is 0 Å². The summed E-state index contributed by atoms with van der Waals surface area (Å²) in [7, 11) is 0. The van der Waals surface area contributed by atoms with Gasteiger partial charge in [0, 0.05) is 26.4 Å². The van der Waals surface area contributed by atoms with E-state index in [2.05, 4.69) is 50.5 Å². The fraction of sp³-hybridized carbons (Fsp3) is 1.00. The van der Waals surface area contributed by atoms with Gasteiger partial charge >= 0.3 is 0 Å². The molecule has 2 saturated carbocycles. The largest absolute Gasteiger partial charge is 0.175 e. The van der Waals surface area contributed by atoms with E-state index in [0.29, 0.717) is 21.7 Å². The Balaban J connectivity index is 2.18. The molecule has 0 radical (unpaired) electrons. The van der Waals surface area contributed by atoms with Crippen molar-refractivity contribution >= 4 is 50.5 Å². The van der Waals surface area contributed by atoms with Gasteiger partial charge in [-0.3, -0.25) is 0 Å². The fourth-order valence-electron chi connectivity index (χ4n) is 1.87. The maximum Gasteiger partial charge on any atom is 0.0310 e. The minimum atomic E-state index is 0.169. The molecule has 0 saturated heterocycles. The standard InChI is InChI=1S/C6H10S4/c7-2-1-6(10)3(4(2)8)5(6)9/h2-5,7-10H,1H2. The number of fused-ring (bicyclic) bond motifs is 1. The molecule has 0 aromatic carbocycles. The number of thiol groups is 4. The SMILES string of the molecule is SC1CC2(S)C(S)C2C1S. The van der Waals surface area contributed by atoms with E-state index in [9.17, 15) is 0 Å². The normalized spacial score (nSPS) is 66.0. The van der Waals surface area contributed by atoms with Crippen molar-refractivity contribution in [3.05, 3.63) is 0 Å². The third kappa shape index (κ3) is 0.822. The highest BCUT2D eigenvalue weighted by atomic mass is 32.1. The molecule has 4 heteroatoms. The van der Waals surface area contributed by atoms with Crippen molar-refractivity contribution < 1.29 is 0 Å². The van der Waals surface area contributed by atoms with Gasteiger partial charge < -0.3 is 0 Å². The molecule has 0 aromatic heterocycles. The van der Waals surface area contributed by atoms with E-state index in [0.717, 1.165) is 6.42 Å². The van der Waals surface area contributed by atoms with Crippen molar-refractivity contribution in [3.8, 4) is 0 Å². The first kappa shape index (κ1) is 8.02. The van der Waals surface area contributed by atoms with Crippen molar-refractivity contribution in [1.29, 1.82) is 0 Å². The van der Waals surface area contributed by atoms with Crippen LogP contribution in [-0.4, -0.2) is 20.5 Å². The summed E-state index contributed by atoms with van der Waals surface area (Å²) in [6, 6.07) is 0. The highest BCUT2D eigenvalue weighted by Crippen LogP contribution is 2.65. The first-order chi connectivity index (χ1) is 4.57. The van der Waals surface area contributed by atoms with E-state index in [-0.39, 0.29) is 4.75 Å². The summed E-state index contributed by atoms with van der Waals surface area (Å²) in [4.78, 5) is 0. The number of rotatable bonds is 0. The summed E-state index contributed by atoms with van der Waals surface area (Å²) in [5, 5.41) is 1.29. The smallest absolute Gasteiger partial charge is 0.0310 e. The molecule has 0 aliphatic heterocycles. The number of hydrogen-bond acceptors (Lipinski definition) is 4. The second-order valence-electron chi connectivity index (χ2n) is 3.22. The molecule has 2 fully saturated rings. The topological polar surface area (TPSA) is 0 Å². The summed E-state index contributed by atoms with van der Waals surface area (Å²) in [6.45, 7) is 0. The predicted octanol–water partition coefficient (Wildman–Crippen LogP) is 1.58. The molecule has 0 nitrogen and oxygen atoms in total. The Bertz CT molecular complexity index is 171. The molecule has 0 heterocycles. The van der Waals surface area contributed by atoms with Crippen LogP contribution in [-0.2, 0) is 0 Å². The molecule has 0 amide bonds. The average molecular weight is 210 g/mol. The zero-order valence-corrected chi connectivity index (χ0v) is 8.88.